The molecule has 0 aliphatic carbocycles. The van der Waals surface area contributed by atoms with Crippen LogP contribution in [0.5, 0.6) is 0 Å². The SMILES string of the molecule is Cc1ccc(C)c(C(=O)/C=C/c2ccccc2)c1. The molecule has 0 amide bonds. The highest BCUT2D eigenvalue weighted by Crippen LogP contribution is 2.12. The molecule has 0 saturated heterocycles. The normalized spacial score (nSPS) is 10.8. The summed E-state index contributed by atoms with van der Waals surface area (Å²) in [5, 5.41) is 0. The Labute approximate surface area is 108 Å². The van der Waals surface area contributed by atoms with Gasteiger partial charge in [0.2, 0.25) is 0 Å². The lowest BCUT2D eigenvalue weighted by molar-refractivity contribution is 0.104. The summed E-state index contributed by atoms with van der Waals surface area (Å²) < 4.78 is 0. The first-order chi connectivity index (χ1) is 8.66. The molecule has 2 aromatic rings. The van der Waals surface area contributed by atoms with Crippen LogP contribution in [0.1, 0.15) is 27.0 Å². The van der Waals surface area contributed by atoms with Gasteiger partial charge in [0, 0.05) is 5.56 Å². The van der Waals surface area contributed by atoms with E-state index >= 15 is 0 Å². The first kappa shape index (κ1) is 12.3. The minimum absolute atomic E-state index is 0.0556. The van der Waals surface area contributed by atoms with E-state index in [2.05, 4.69) is 0 Å². The van der Waals surface area contributed by atoms with Crippen LogP contribution in [-0.2, 0) is 0 Å². The lowest BCUT2D eigenvalue weighted by Gasteiger charge is -2.03. The van der Waals surface area contributed by atoms with Crippen molar-refractivity contribution in [1.82, 2.24) is 0 Å². The molecule has 0 fully saturated rings. The molecule has 0 heterocycles. The van der Waals surface area contributed by atoms with E-state index < -0.39 is 0 Å². The highest BCUT2D eigenvalue weighted by molar-refractivity contribution is 6.07. The number of carbonyl (C=O) groups is 1. The van der Waals surface area contributed by atoms with Crippen LogP contribution in [0.2, 0.25) is 0 Å². The summed E-state index contributed by atoms with van der Waals surface area (Å²) in [6.07, 6.45) is 3.49. The summed E-state index contributed by atoms with van der Waals surface area (Å²) in [5.41, 5.74) is 3.94. The standard InChI is InChI=1S/C17H16O/c1-13-8-9-14(2)16(12-13)17(18)11-10-15-6-4-3-5-7-15/h3-12H,1-2H3/b11-10+. The molecule has 1 heteroatoms. The predicted molar refractivity (Wildman–Crippen MR) is 75.7 cm³/mol. The van der Waals surface area contributed by atoms with Gasteiger partial charge >= 0.3 is 0 Å². The fourth-order valence-electron chi connectivity index (χ4n) is 1.83. The van der Waals surface area contributed by atoms with Gasteiger partial charge in [0.05, 0.1) is 0 Å². The van der Waals surface area contributed by atoms with Crippen LogP contribution >= 0.6 is 0 Å². The van der Waals surface area contributed by atoms with Gasteiger partial charge in [-0.3, -0.25) is 4.79 Å². The number of hydrogen-bond donors (Lipinski definition) is 0. The van der Waals surface area contributed by atoms with Gasteiger partial charge in [-0.15, -0.1) is 0 Å². The van der Waals surface area contributed by atoms with Crippen molar-refractivity contribution < 1.29 is 4.79 Å². The molecule has 0 aliphatic heterocycles. The molecular weight excluding hydrogens is 220 g/mol. The van der Waals surface area contributed by atoms with E-state index in [1.807, 2.05) is 68.5 Å². The monoisotopic (exact) mass is 236 g/mol. The average Bonchev–Trinajstić information content (AvgIpc) is 2.40. The third-order valence-electron chi connectivity index (χ3n) is 2.89. The zero-order valence-electron chi connectivity index (χ0n) is 10.7. The molecule has 0 radical (unpaired) electrons. The van der Waals surface area contributed by atoms with Gasteiger partial charge < -0.3 is 0 Å². The third-order valence-corrected chi connectivity index (χ3v) is 2.89. The van der Waals surface area contributed by atoms with Gasteiger partial charge in [-0.05, 0) is 37.1 Å². The van der Waals surface area contributed by atoms with Crippen LogP contribution in [0.15, 0.2) is 54.6 Å². The molecule has 0 aromatic heterocycles. The molecule has 0 saturated carbocycles. The Bertz CT molecular complexity index is 580. The van der Waals surface area contributed by atoms with E-state index in [1.54, 1.807) is 6.08 Å². The topological polar surface area (TPSA) is 17.1 Å². The Hall–Kier alpha value is -2.15. The third kappa shape index (κ3) is 2.95. The Kier molecular flexibility index (Phi) is 3.73. The maximum Gasteiger partial charge on any atom is 0.186 e. The van der Waals surface area contributed by atoms with Crippen molar-refractivity contribution in [2.45, 2.75) is 13.8 Å². The van der Waals surface area contributed by atoms with Crippen molar-refractivity contribution in [3.8, 4) is 0 Å². The van der Waals surface area contributed by atoms with Gasteiger partial charge in [-0.1, -0.05) is 54.1 Å². The van der Waals surface area contributed by atoms with E-state index in [1.165, 1.54) is 0 Å². The molecule has 2 aromatic carbocycles. The summed E-state index contributed by atoms with van der Waals surface area (Å²) in [6, 6.07) is 15.8. The van der Waals surface area contributed by atoms with Gasteiger partial charge in [-0.2, -0.15) is 0 Å². The summed E-state index contributed by atoms with van der Waals surface area (Å²) in [6.45, 7) is 3.96. The van der Waals surface area contributed by atoms with E-state index in [0.717, 1.165) is 22.3 Å². The summed E-state index contributed by atoms with van der Waals surface area (Å²) in [7, 11) is 0. The molecule has 2 rings (SSSR count). The number of ketones is 1. The van der Waals surface area contributed by atoms with Crippen LogP contribution in [0.4, 0.5) is 0 Å². The first-order valence-electron chi connectivity index (χ1n) is 6.01. The highest BCUT2D eigenvalue weighted by Gasteiger charge is 2.05. The minimum atomic E-state index is 0.0556. The molecular formula is C17H16O. The molecule has 0 unspecified atom stereocenters. The summed E-state index contributed by atoms with van der Waals surface area (Å²) in [4.78, 5) is 12.1. The van der Waals surface area contributed by atoms with Gasteiger partial charge in [-0.25, -0.2) is 0 Å². The number of benzene rings is 2. The molecule has 90 valence electrons. The second-order valence-corrected chi connectivity index (χ2v) is 4.43. The maximum atomic E-state index is 12.1. The largest absolute Gasteiger partial charge is 0.289 e. The zero-order valence-corrected chi connectivity index (χ0v) is 10.7. The lowest BCUT2D eigenvalue weighted by atomic mass is 10.0. The van der Waals surface area contributed by atoms with E-state index in [9.17, 15) is 4.79 Å². The number of hydrogen-bond acceptors (Lipinski definition) is 1. The van der Waals surface area contributed by atoms with Gasteiger partial charge in [0.25, 0.3) is 0 Å². The molecule has 0 spiro atoms. The molecule has 0 atom stereocenters. The van der Waals surface area contributed by atoms with E-state index in [-0.39, 0.29) is 5.78 Å². The van der Waals surface area contributed by atoms with Crippen LogP contribution in [0.3, 0.4) is 0 Å². The average molecular weight is 236 g/mol. The predicted octanol–water partition coefficient (Wildman–Crippen LogP) is 4.20. The minimum Gasteiger partial charge on any atom is -0.289 e. The molecule has 0 aliphatic rings. The fraction of sp³-hybridized carbons (Fsp3) is 0.118. The number of aryl methyl sites for hydroxylation is 2. The lowest BCUT2D eigenvalue weighted by Crippen LogP contribution is -1.98. The summed E-state index contributed by atoms with van der Waals surface area (Å²) >= 11 is 0. The van der Waals surface area contributed by atoms with Crippen molar-refractivity contribution in [2.24, 2.45) is 0 Å². The summed E-state index contributed by atoms with van der Waals surface area (Å²) in [5.74, 6) is 0.0556. The van der Waals surface area contributed by atoms with Crippen LogP contribution in [0.25, 0.3) is 6.08 Å². The Morgan fingerprint density at radius 3 is 2.44 bits per heavy atom. The van der Waals surface area contributed by atoms with Crippen molar-refractivity contribution in [3.63, 3.8) is 0 Å². The molecule has 0 bridgehead atoms. The second kappa shape index (κ2) is 5.46. The van der Waals surface area contributed by atoms with Gasteiger partial charge in [0.15, 0.2) is 5.78 Å². The number of rotatable bonds is 3. The van der Waals surface area contributed by atoms with Crippen molar-refractivity contribution in [1.29, 1.82) is 0 Å². The Balaban J connectivity index is 2.22. The number of carbonyl (C=O) groups excluding carboxylic acids is 1. The van der Waals surface area contributed by atoms with Crippen LogP contribution in [-0.4, -0.2) is 5.78 Å². The molecule has 18 heavy (non-hydrogen) atoms. The fourth-order valence-corrected chi connectivity index (χ4v) is 1.83. The van der Waals surface area contributed by atoms with Crippen molar-refractivity contribution in [2.75, 3.05) is 0 Å². The Morgan fingerprint density at radius 1 is 1.00 bits per heavy atom. The highest BCUT2D eigenvalue weighted by atomic mass is 16.1. The van der Waals surface area contributed by atoms with E-state index in [0.29, 0.717) is 0 Å². The quantitative estimate of drug-likeness (QED) is 0.576. The van der Waals surface area contributed by atoms with Crippen LogP contribution < -0.4 is 0 Å². The smallest absolute Gasteiger partial charge is 0.186 e. The Morgan fingerprint density at radius 2 is 1.72 bits per heavy atom. The molecule has 1 nitrogen and oxygen atoms in total. The molecule has 0 N–H and O–H groups in total. The van der Waals surface area contributed by atoms with E-state index in [4.69, 9.17) is 0 Å². The maximum absolute atomic E-state index is 12.1. The van der Waals surface area contributed by atoms with Crippen molar-refractivity contribution >= 4 is 11.9 Å². The van der Waals surface area contributed by atoms with Crippen LogP contribution in [0, 0.1) is 13.8 Å². The number of allylic oxidation sites excluding steroid dienone is 1. The van der Waals surface area contributed by atoms with Crippen molar-refractivity contribution in [3.05, 3.63) is 76.9 Å². The van der Waals surface area contributed by atoms with Gasteiger partial charge in [0.1, 0.15) is 0 Å². The zero-order chi connectivity index (χ0) is 13.0. The second-order valence-electron chi connectivity index (χ2n) is 4.43. The first-order valence-corrected chi connectivity index (χ1v) is 6.01.